The highest BCUT2D eigenvalue weighted by atomic mass is 19.1. The summed E-state index contributed by atoms with van der Waals surface area (Å²) in [7, 11) is 0. The van der Waals surface area contributed by atoms with Crippen molar-refractivity contribution in [1.82, 2.24) is 34.9 Å². The number of halogens is 1. The van der Waals surface area contributed by atoms with Crippen LogP contribution in [0.1, 0.15) is 25.5 Å². The molecule has 0 bridgehead atoms. The number of nitrogens with one attached hydrogen (secondary N) is 4. The first-order valence-corrected chi connectivity index (χ1v) is 12.5. The van der Waals surface area contributed by atoms with E-state index in [0.29, 0.717) is 17.3 Å². The average Bonchev–Trinajstić information content (AvgIpc) is 3.71. The number of fused-ring (bicyclic) bond motifs is 1. The highest BCUT2D eigenvalue weighted by Gasteiger charge is 2.16. The van der Waals surface area contributed by atoms with E-state index < -0.39 is 11.8 Å². The Hall–Kier alpha value is -5.52. The molecular formula is C28H24FN9O2. The van der Waals surface area contributed by atoms with Gasteiger partial charge in [0.2, 0.25) is 0 Å². The number of H-pyrrole nitrogens is 2. The lowest BCUT2D eigenvalue weighted by atomic mass is 10.1. The zero-order valence-corrected chi connectivity index (χ0v) is 21.5. The minimum atomic E-state index is -0.655. The van der Waals surface area contributed by atoms with Crippen LogP contribution in [0.5, 0.6) is 11.5 Å². The number of aromatic amines is 2. The summed E-state index contributed by atoms with van der Waals surface area (Å²) in [5, 5.41) is 16.7. The number of ether oxygens (including phenoxy) is 1. The fraction of sp³-hybridized carbons (Fsp3) is 0.107. The van der Waals surface area contributed by atoms with Crippen molar-refractivity contribution in [2.45, 2.75) is 19.8 Å². The van der Waals surface area contributed by atoms with E-state index in [9.17, 15) is 9.18 Å². The molecule has 6 rings (SSSR count). The van der Waals surface area contributed by atoms with Gasteiger partial charge in [-0.2, -0.15) is 10.2 Å². The number of hydrogen-bond acceptors (Lipinski definition) is 6. The molecule has 0 aliphatic heterocycles. The summed E-state index contributed by atoms with van der Waals surface area (Å²) >= 11 is 0. The number of anilines is 2. The third kappa shape index (κ3) is 5.10. The molecule has 40 heavy (non-hydrogen) atoms. The van der Waals surface area contributed by atoms with Gasteiger partial charge in [-0.25, -0.2) is 18.9 Å². The number of rotatable bonds is 7. The third-order valence-electron chi connectivity index (χ3n) is 6.16. The highest BCUT2D eigenvalue weighted by molar-refractivity contribution is 5.99. The van der Waals surface area contributed by atoms with Crippen molar-refractivity contribution in [3.63, 3.8) is 0 Å². The predicted octanol–water partition coefficient (Wildman–Crippen LogP) is 6.23. The third-order valence-corrected chi connectivity index (χ3v) is 6.16. The maximum atomic E-state index is 15.0. The van der Waals surface area contributed by atoms with Gasteiger partial charge < -0.3 is 15.0 Å². The minimum absolute atomic E-state index is 0.00763. The standard InChI is InChI=1S/C28H24FN9O2/c1-16(2)24-12-27(38(37-24)18-3-5-23-26(9-18)32-15-31-23)36-28(39)35-22-6-4-19(10-21(22)29)40-20-7-8-30-25(11-20)17-13-33-34-14-17/h3-16H,1-2H3,(H,31,32)(H,33,34)(H2,35,36,39). The minimum Gasteiger partial charge on any atom is -0.457 e. The second-order valence-electron chi connectivity index (χ2n) is 9.31. The predicted molar refractivity (Wildman–Crippen MR) is 148 cm³/mol. The largest absolute Gasteiger partial charge is 0.457 e. The van der Waals surface area contributed by atoms with Gasteiger partial charge in [0.1, 0.15) is 23.1 Å². The molecule has 4 heterocycles. The molecule has 0 aliphatic carbocycles. The van der Waals surface area contributed by atoms with Crippen molar-refractivity contribution in [3.8, 4) is 28.4 Å². The molecule has 6 aromatic rings. The lowest BCUT2D eigenvalue weighted by Crippen LogP contribution is -2.22. The summed E-state index contributed by atoms with van der Waals surface area (Å²) in [6, 6.07) is 14.4. The molecule has 0 radical (unpaired) electrons. The van der Waals surface area contributed by atoms with Crippen LogP contribution in [-0.4, -0.2) is 41.0 Å². The normalized spacial score (nSPS) is 11.2. The summed E-state index contributed by atoms with van der Waals surface area (Å²) in [5.74, 6) is 0.646. The summed E-state index contributed by atoms with van der Waals surface area (Å²) in [5.41, 5.74) is 4.61. The van der Waals surface area contributed by atoms with Gasteiger partial charge in [0, 0.05) is 36.2 Å². The summed E-state index contributed by atoms with van der Waals surface area (Å²) in [6.07, 6.45) is 6.57. The fourth-order valence-electron chi connectivity index (χ4n) is 4.11. The fourth-order valence-corrected chi connectivity index (χ4v) is 4.11. The van der Waals surface area contributed by atoms with E-state index in [1.165, 1.54) is 12.1 Å². The van der Waals surface area contributed by atoms with Crippen molar-refractivity contribution in [3.05, 3.63) is 91.0 Å². The number of nitrogens with zero attached hydrogens (tertiary/aromatic N) is 5. The molecule has 0 aliphatic rings. The number of amides is 2. The van der Waals surface area contributed by atoms with Crippen molar-refractivity contribution in [1.29, 1.82) is 0 Å². The second-order valence-corrected chi connectivity index (χ2v) is 9.31. The second kappa shape index (κ2) is 10.3. The Kier molecular flexibility index (Phi) is 6.40. The van der Waals surface area contributed by atoms with E-state index in [-0.39, 0.29) is 17.4 Å². The lowest BCUT2D eigenvalue weighted by Gasteiger charge is -2.12. The first-order chi connectivity index (χ1) is 19.4. The number of pyridine rings is 1. The molecule has 200 valence electrons. The van der Waals surface area contributed by atoms with Crippen molar-refractivity contribution in [2.75, 3.05) is 10.6 Å². The molecule has 2 aromatic carbocycles. The highest BCUT2D eigenvalue weighted by Crippen LogP contribution is 2.28. The number of aromatic nitrogens is 7. The van der Waals surface area contributed by atoms with Crippen LogP contribution >= 0.6 is 0 Å². The zero-order valence-electron chi connectivity index (χ0n) is 21.5. The van der Waals surface area contributed by atoms with Gasteiger partial charge in [-0.1, -0.05) is 13.8 Å². The summed E-state index contributed by atoms with van der Waals surface area (Å²) in [6.45, 7) is 4.02. The molecule has 4 aromatic heterocycles. The van der Waals surface area contributed by atoms with Gasteiger partial charge in [-0.15, -0.1) is 0 Å². The van der Waals surface area contributed by atoms with Crippen LogP contribution in [0.3, 0.4) is 0 Å². The Balaban J connectivity index is 1.18. The molecule has 0 saturated carbocycles. The van der Waals surface area contributed by atoms with E-state index in [1.807, 2.05) is 32.0 Å². The Bertz CT molecular complexity index is 1810. The molecule has 4 N–H and O–H groups in total. The molecule has 11 nitrogen and oxygen atoms in total. The van der Waals surface area contributed by atoms with Crippen LogP contribution in [0.15, 0.2) is 79.5 Å². The van der Waals surface area contributed by atoms with Crippen molar-refractivity contribution in [2.24, 2.45) is 0 Å². The Morgan fingerprint density at radius 3 is 2.70 bits per heavy atom. The quantitative estimate of drug-likeness (QED) is 0.190. The van der Waals surface area contributed by atoms with Crippen LogP contribution in [0, 0.1) is 5.82 Å². The van der Waals surface area contributed by atoms with E-state index in [1.54, 1.807) is 53.9 Å². The molecule has 0 atom stereocenters. The van der Waals surface area contributed by atoms with Gasteiger partial charge in [-0.3, -0.25) is 15.4 Å². The Labute approximate surface area is 227 Å². The maximum Gasteiger partial charge on any atom is 0.324 e. The molecular weight excluding hydrogens is 513 g/mol. The molecule has 12 heteroatoms. The number of hydrogen-bond donors (Lipinski definition) is 4. The number of carbonyl (C=O) groups is 1. The van der Waals surface area contributed by atoms with Crippen molar-refractivity contribution >= 4 is 28.6 Å². The average molecular weight is 538 g/mol. The molecule has 0 fully saturated rings. The van der Waals surface area contributed by atoms with E-state index in [2.05, 4.69) is 40.9 Å². The monoisotopic (exact) mass is 537 g/mol. The van der Waals surface area contributed by atoms with Gasteiger partial charge in [-0.05, 0) is 42.3 Å². The smallest absolute Gasteiger partial charge is 0.324 e. The number of benzene rings is 2. The van der Waals surface area contributed by atoms with Crippen LogP contribution in [0.25, 0.3) is 28.0 Å². The first kappa shape index (κ1) is 24.8. The first-order valence-electron chi connectivity index (χ1n) is 12.5. The van der Waals surface area contributed by atoms with Gasteiger partial charge in [0.25, 0.3) is 0 Å². The van der Waals surface area contributed by atoms with Crippen LogP contribution < -0.4 is 15.4 Å². The molecule has 2 amide bonds. The number of carbonyl (C=O) groups excluding carboxylic acids is 1. The van der Waals surface area contributed by atoms with Gasteiger partial charge in [0.05, 0.1) is 46.3 Å². The Morgan fingerprint density at radius 1 is 1.02 bits per heavy atom. The molecule has 0 unspecified atom stereocenters. The van der Waals surface area contributed by atoms with Crippen LogP contribution in [0.2, 0.25) is 0 Å². The van der Waals surface area contributed by atoms with E-state index in [4.69, 9.17) is 4.74 Å². The Morgan fingerprint density at radius 2 is 1.90 bits per heavy atom. The SMILES string of the molecule is CC(C)c1cc(NC(=O)Nc2ccc(Oc3ccnc(-c4cn[nH]c4)c3)cc2F)n(-c2ccc3[nH]cnc3c2)n1. The number of imidazole rings is 1. The zero-order chi connectivity index (χ0) is 27.6. The van der Waals surface area contributed by atoms with Gasteiger partial charge >= 0.3 is 6.03 Å². The van der Waals surface area contributed by atoms with Crippen LogP contribution in [0.4, 0.5) is 20.7 Å². The number of urea groups is 1. The van der Waals surface area contributed by atoms with E-state index >= 15 is 0 Å². The van der Waals surface area contributed by atoms with Gasteiger partial charge in [0.15, 0.2) is 0 Å². The van der Waals surface area contributed by atoms with E-state index in [0.717, 1.165) is 28.0 Å². The maximum absolute atomic E-state index is 15.0. The lowest BCUT2D eigenvalue weighted by molar-refractivity contribution is 0.262. The topological polar surface area (TPSA) is 138 Å². The summed E-state index contributed by atoms with van der Waals surface area (Å²) < 4.78 is 22.4. The molecule has 0 spiro atoms. The summed E-state index contributed by atoms with van der Waals surface area (Å²) in [4.78, 5) is 24.5. The molecule has 0 saturated heterocycles. The van der Waals surface area contributed by atoms with Crippen molar-refractivity contribution < 1.29 is 13.9 Å². The van der Waals surface area contributed by atoms with Crippen LogP contribution in [-0.2, 0) is 0 Å².